The highest BCUT2D eigenvalue weighted by atomic mass is 127. The second-order valence-corrected chi connectivity index (χ2v) is 5.80. The van der Waals surface area contributed by atoms with Crippen LogP contribution < -0.4 is 10.6 Å². The highest BCUT2D eigenvalue weighted by Crippen LogP contribution is 2.15. The molecule has 2 aromatic rings. The molecule has 0 saturated heterocycles. The van der Waals surface area contributed by atoms with E-state index < -0.39 is 0 Å². The van der Waals surface area contributed by atoms with Gasteiger partial charge in [-0.1, -0.05) is 51.0 Å². The number of nitrogens with one attached hydrogen (secondary N) is 2. The highest BCUT2D eigenvalue weighted by Gasteiger charge is 2.05. The van der Waals surface area contributed by atoms with Gasteiger partial charge >= 0.3 is 0 Å². The average molecular weight is 440 g/mol. The summed E-state index contributed by atoms with van der Waals surface area (Å²) in [7, 11) is 1.82. The fourth-order valence-corrected chi connectivity index (χ4v) is 2.72. The maximum atomic E-state index is 4.51. The van der Waals surface area contributed by atoms with Gasteiger partial charge in [0.25, 0.3) is 0 Å². The molecule has 0 spiro atoms. The summed E-state index contributed by atoms with van der Waals surface area (Å²) < 4.78 is 0. The minimum Gasteiger partial charge on any atom is -0.356 e. The lowest BCUT2D eigenvalue weighted by Crippen LogP contribution is -2.40. The molecular weight excluding hydrogens is 411 g/mol. The van der Waals surface area contributed by atoms with E-state index in [-0.39, 0.29) is 24.0 Å². The summed E-state index contributed by atoms with van der Waals surface area (Å²) in [6.45, 7) is 6.29. The zero-order chi connectivity index (χ0) is 16.5. The third kappa shape index (κ3) is 5.92. The van der Waals surface area contributed by atoms with Crippen molar-refractivity contribution >= 4 is 40.8 Å². The molecule has 2 rings (SSSR count). The fourth-order valence-electron chi connectivity index (χ4n) is 2.72. The Hall–Kier alpha value is -1.37. The molecule has 4 nitrogen and oxygen atoms in total. The van der Waals surface area contributed by atoms with Crippen LogP contribution in [0.25, 0.3) is 10.9 Å². The monoisotopic (exact) mass is 440 g/mol. The molecule has 0 atom stereocenters. The molecule has 1 aromatic carbocycles. The first-order valence-electron chi connectivity index (χ1n) is 8.55. The molecule has 1 heterocycles. The van der Waals surface area contributed by atoms with Crippen LogP contribution in [0.3, 0.4) is 0 Å². The zero-order valence-electron chi connectivity index (χ0n) is 14.9. The van der Waals surface area contributed by atoms with Gasteiger partial charge in [-0.05, 0) is 24.0 Å². The third-order valence-electron chi connectivity index (χ3n) is 4.34. The third-order valence-corrected chi connectivity index (χ3v) is 4.34. The Balaban J connectivity index is 0.00000288. The summed E-state index contributed by atoms with van der Waals surface area (Å²) >= 11 is 0. The van der Waals surface area contributed by atoms with Crippen LogP contribution in [0.1, 0.15) is 32.3 Å². The summed E-state index contributed by atoms with van der Waals surface area (Å²) in [6, 6.07) is 10.4. The molecule has 0 aliphatic carbocycles. The lowest BCUT2D eigenvalue weighted by molar-refractivity contribution is 0.481. The van der Waals surface area contributed by atoms with E-state index in [1.807, 2.05) is 19.3 Å². The van der Waals surface area contributed by atoms with Gasteiger partial charge in [-0.3, -0.25) is 9.98 Å². The van der Waals surface area contributed by atoms with Crippen molar-refractivity contribution in [3.05, 3.63) is 42.1 Å². The van der Waals surface area contributed by atoms with Crippen LogP contribution in [0.5, 0.6) is 0 Å². The number of halogens is 1. The summed E-state index contributed by atoms with van der Waals surface area (Å²) in [5.41, 5.74) is 2.36. The topological polar surface area (TPSA) is 49.3 Å². The van der Waals surface area contributed by atoms with E-state index in [4.69, 9.17) is 0 Å². The number of para-hydroxylation sites is 1. The number of hydrogen-bond acceptors (Lipinski definition) is 2. The lowest BCUT2D eigenvalue weighted by Gasteiger charge is -2.16. The Morgan fingerprint density at radius 1 is 1.12 bits per heavy atom. The van der Waals surface area contributed by atoms with Gasteiger partial charge in [-0.15, -0.1) is 24.0 Å². The van der Waals surface area contributed by atoms with Crippen molar-refractivity contribution in [2.75, 3.05) is 20.1 Å². The van der Waals surface area contributed by atoms with Gasteiger partial charge in [-0.25, -0.2) is 0 Å². The molecule has 5 heteroatoms. The molecule has 2 N–H and O–H groups in total. The molecule has 0 bridgehead atoms. The van der Waals surface area contributed by atoms with Gasteiger partial charge in [0.05, 0.1) is 5.52 Å². The van der Waals surface area contributed by atoms with E-state index in [1.165, 1.54) is 23.8 Å². The van der Waals surface area contributed by atoms with Gasteiger partial charge < -0.3 is 10.6 Å². The first kappa shape index (κ1) is 20.7. The average Bonchev–Trinajstić information content (AvgIpc) is 2.61. The van der Waals surface area contributed by atoms with E-state index in [9.17, 15) is 0 Å². The van der Waals surface area contributed by atoms with Crippen molar-refractivity contribution in [1.29, 1.82) is 0 Å². The quantitative estimate of drug-likeness (QED) is 0.389. The molecule has 0 saturated carbocycles. The number of rotatable bonds is 7. The molecule has 132 valence electrons. The van der Waals surface area contributed by atoms with Crippen molar-refractivity contribution in [2.24, 2.45) is 10.9 Å². The van der Waals surface area contributed by atoms with Gasteiger partial charge in [-0.2, -0.15) is 0 Å². The number of benzene rings is 1. The second-order valence-electron chi connectivity index (χ2n) is 5.80. The highest BCUT2D eigenvalue weighted by molar-refractivity contribution is 14.0. The van der Waals surface area contributed by atoms with E-state index in [0.29, 0.717) is 5.92 Å². The van der Waals surface area contributed by atoms with Crippen LogP contribution in [0, 0.1) is 5.92 Å². The van der Waals surface area contributed by atoms with E-state index in [1.54, 1.807) is 0 Å². The van der Waals surface area contributed by atoms with E-state index in [0.717, 1.165) is 31.0 Å². The second kappa shape index (κ2) is 11.2. The van der Waals surface area contributed by atoms with Crippen molar-refractivity contribution in [2.45, 2.75) is 33.1 Å². The molecule has 0 aliphatic heterocycles. The van der Waals surface area contributed by atoms with Crippen molar-refractivity contribution in [3.8, 4) is 0 Å². The van der Waals surface area contributed by atoms with Crippen LogP contribution >= 0.6 is 24.0 Å². The minimum atomic E-state index is 0. The van der Waals surface area contributed by atoms with Crippen LogP contribution in [-0.2, 0) is 6.42 Å². The fraction of sp³-hybridized carbons (Fsp3) is 0.474. The predicted octanol–water partition coefficient (Wildman–Crippen LogP) is 4.00. The van der Waals surface area contributed by atoms with Crippen LogP contribution in [-0.4, -0.2) is 31.1 Å². The standard InChI is InChI=1S/C19H28N4.HI/c1-4-15(5-2)14-23-19(20-3)22-13-11-17-9-6-8-16-10-7-12-21-18(16)17;/h6-10,12,15H,4-5,11,13-14H2,1-3H3,(H2,20,22,23);1H. The maximum absolute atomic E-state index is 4.51. The predicted molar refractivity (Wildman–Crippen MR) is 114 cm³/mol. The van der Waals surface area contributed by atoms with Gasteiger partial charge in [0.15, 0.2) is 5.96 Å². The Bertz CT molecular complexity index is 633. The Labute approximate surface area is 162 Å². The molecule has 0 amide bonds. The molecule has 0 fully saturated rings. The summed E-state index contributed by atoms with van der Waals surface area (Å²) in [5.74, 6) is 1.58. The minimum absolute atomic E-state index is 0. The molecule has 1 aromatic heterocycles. The lowest BCUT2D eigenvalue weighted by atomic mass is 10.0. The molecular formula is C19H29IN4. The number of nitrogens with zero attached hydrogens (tertiary/aromatic N) is 2. The number of fused-ring (bicyclic) bond motifs is 1. The number of aromatic nitrogens is 1. The summed E-state index contributed by atoms with van der Waals surface area (Å²) in [4.78, 5) is 8.81. The number of aliphatic imine (C=N–C) groups is 1. The van der Waals surface area contributed by atoms with E-state index >= 15 is 0 Å². The van der Waals surface area contributed by atoms with Crippen LogP contribution in [0.4, 0.5) is 0 Å². The molecule has 24 heavy (non-hydrogen) atoms. The van der Waals surface area contributed by atoms with Gasteiger partial charge in [0.2, 0.25) is 0 Å². The smallest absolute Gasteiger partial charge is 0.190 e. The summed E-state index contributed by atoms with van der Waals surface area (Å²) in [5, 5.41) is 8.01. The molecule has 0 unspecified atom stereocenters. The first-order valence-corrected chi connectivity index (χ1v) is 8.55. The van der Waals surface area contributed by atoms with Crippen molar-refractivity contribution in [3.63, 3.8) is 0 Å². The summed E-state index contributed by atoms with van der Waals surface area (Å²) in [6.07, 6.45) is 5.18. The zero-order valence-corrected chi connectivity index (χ0v) is 17.2. The van der Waals surface area contributed by atoms with Crippen molar-refractivity contribution in [1.82, 2.24) is 15.6 Å². The Morgan fingerprint density at radius 3 is 2.58 bits per heavy atom. The van der Waals surface area contributed by atoms with Gasteiger partial charge in [0, 0.05) is 31.7 Å². The molecule has 0 radical (unpaired) electrons. The maximum Gasteiger partial charge on any atom is 0.190 e. The normalized spacial score (nSPS) is 11.4. The number of guanidine groups is 1. The molecule has 0 aliphatic rings. The first-order chi connectivity index (χ1) is 11.3. The van der Waals surface area contributed by atoms with Crippen LogP contribution in [0.15, 0.2) is 41.5 Å². The number of hydrogen-bond donors (Lipinski definition) is 2. The van der Waals surface area contributed by atoms with E-state index in [2.05, 4.69) is 58.7 Å². The number of pyridine rings is 1. The Morgan fingerprint density at radius 2 is 1.88 bits per heavy atom. The van der Waals surface area contributed by atoms with Crippen LogP contribution in [0.2, 0.25) is 0 Å². The van der Waals surface area contributed by atoms with Crippen molar-refractivity contribution < 1.29 is 0 Å². The SMILES string of the molecule is CCC(CC)CNC(=NC)NCCc1cccc2cccnc12.I. The largest absolute Gasteiger partial charge is 0.356 e. The van der Waals surface area contributed by atoms with Gasteiger partial charge in [0.1, 0.15) is 0 Å². The Kier molecular flexibility index (Phi) is 9.67.